The second-order valence-electron chi connectivity index (χ2n) is 17.5. The quantitative estimate of drug-likeness (QED) is 0.0358. The van der Waals surface area contributed by atoms with E-state index in [9.17, 15) is 29.4 Å². The SMILES string of the molecule is CCC(CCCCCCCCCCCC(CCC(=O)[O-])OCc1ccccc1)OC(C)=O.CCC(CCCCCCCCCCCC(CCC(=O)[O-])OCc1ccccc1)OC(C)=O.[Ba+2]. The summed E-state index contributed by atoms with van der Waals surface area (Å²) in [6, 6.07) is 20.0. The van der Waals surface area contributed by atoms with Gasteiger partial charge >= 0.3 is 60.8 Å². The van der Waals surface area contributed by atoms with Crippen molar-refractivity contribution < 1.29 is 48.3 Å². The van der Waals surface area contributed by atoms with Gasteiger partial charge < -0.3 is 38.7 Å². The number of unbranched alkanes of at least 4 members (excludes halogenated alkanes) is 16. The summed E-state index contributed by atoms with van der Waals surface area (Å²) < 4.78 is 22.5. The Bertz CT molecular complexity index is 1320. The topological polar surface area (TPSA) is 151 Å². The molecule has 0 N–H and O–H groups in total. The van der Waals surface area contributed by atoms with Gasteiger partial charge in [-0.25, -0.2) is 0 Å². The van der Waals surface area contributed by atoms with Gasteiger partial charge in [0.25, 0.3) is 0 Å². The molecule has 364 valence electrons. The maximum absolute atomic E-state index is 11.0. The normalized spacial score (nSPS) is 12.7. The van der Waals surface area contributed by atoms with E-state index in [2.05, 4.69) is 13.8 Å². The predicted molar refractivity (Wildman–Crippen MR) is 258 cm³/mol. The standard InChI is InChI=1S/2C27H44O5.Ba/c2*1-3-25(32-23(2)28)18-14-9-7-5-4-6-8-10-15-19-26(20-21-27(29)30)31-22-24-16-12-11-13-17-24;/h2*11-13,16-17,25-26H,3-10,14-15,18-22H2,1-2H3,(H,29,30);/q;;+2/p-2. The Morgan fingerprint density at radius 1 is 0.415 bits per heavy atom. The van der Waals surface area contributed by atoms with Gasteiger partial charge in [0.15, 0.2) is 0 Å². The molecule has 0 spiro atoms. The largest absolute Gasteiger partial charge is 2.00 e. The molecule has 4 unspecified atom stereocenters. The van der Waals surface area contributed by atoms with Crippen LogP contribution in [0.5, 0.6) is 0 Å². The maximum Gasteiger partial charge on any atom is 2.00 e. The van der Waals surface area contributed by atoms with Crippen molar-refractivity contribution >= 4 is 72.8 Å². The van der Waals surface area contributed by atoms with Crippen molar-refractivity contribution in [1.29, 1.82) is 0 Å². The molecule has 0 aromatic heterocycles. The molecule has 0 saturated carbocycles. The number of aliphatic carboxylic acids is 2. The van der Waals surface area contributed by atoms with Gasteiger partial charge in [-0.2, -0.15) is 0 Å². The molecule has 65 heavy (non-hydrogen) atoms. The summed E-state index contributed by atoms with van der Waals surface area (Å²) in [5.74, 6) is -2.36. The first-order valence-corrected chi connectivity index (χ1v) is 25.1. The summed E-state index contributed by atoms with van der Waals surface area (Å²) in [6.07, 6.45) is 28.4. The average Bonchev–Trinajstić information content (AvgIpc) is 3.28. The fourth-order valence-corrected chi connectivity index (χ4v) is 7.88. The van der Waals surface area contributed by atoms with Crippen molar-refractivity contribution in [1.82, 2.24) is 0 Å². The van der Waals surface area contributed by atoms with E-state index in [0.29, 0.717) is 26.1 Å². The van der Waals surface area contributed by atoms with Gasteiger partial charge in [-0.05, 0) is 88.2 Å². The smallest absolute Gasteiger partial charge is 0.550 e. The first kappa shape index (κ1) is 62.8. The number of carbonyl (C=O) groups is 4. The zero-order chi connectivity index (χ0) is 46.9. The van der Waals surface area contributed by atoms with E-state index < -0.39 is 11.9 Å². The van der Waals surface area contributed by atoms with Crippen LogP contribution < -0.4 is 10.2 Å². The monoisotopic (exact) mass is 1030 g/mol. The average molecular weight is 1030 g/mol. The maximum atomic E-state index is 11.0. The van der Waals surface area contributed by atoms with E-state index in [1.165, 1.54) is 90.9 Å². The molecule has 0 amide bonds. The Labute approximate surface area is 434 Å². The van der Waals surface area contributed by atoms with Crippen LogP contribution in [-0.2, 0) is 51.3 Å². The van der Waals surface area contributed by atoms with E-state index in [-0.39, 0.29) is 98.1 Å². The predicted octanol–water partition coefficient (Wildman–Crippen LogP) is 11.1. The number of carboxylic acids is 2. The summed E-state index contributed by atoms with van der Waals surface area (Å²) in [5, 5.41) is 21.6. The molecule has 0 radical (unpaired) electrons. The Morgan fingerprint density at radius 2 is 0.677 bits per heavy atom. The molecule has 2 rings (SSSR count). The van der Waals surface area contributed by atoms with Gasteiger partial charge in [-0.15, -0.1) is 0 Å². The Kier molecular flexibility index (Phi) is 42.8. The number of ether oxygens (including phenoxy) is 4. The third kappa shape index (κ3) is 40.6. The number of esters is 2. The molecular weight excluding hydrogens is 946 g/mol. The van der Waals surface area contributed by atoms with Gasteiger partial charge in [0.2, 0.25) is 0 Å². The Balaban J connectivity index is 0.00000124. The summed E-state index contributed by atoms with van der Waals surface area (Å²) in [4.78, 5) is 43.7. The van der Waals surface area contributed by atoms with Crippen LogP contribution in [-0.4, -0.2) is 97.2 Å². The summed E-state index contributed by atoms with van der Waals surface area (Å²) in [6.45, 7) is 8.14. The molecule has 0 aliphatic heterocycles. The molecule has 4 atom stereocenters. The summed E-state index contributed by atoms with van der Waals surface area (Å²) >= 11 is 0. The molecule has 10 nitrogen and oxygen atoms in total. The van der Waals surface area contributed by atoms with Crippen LogP contribution >= 0.6 is 0 Å². The van der Waals surface area contributed by atoms with Crippen LogP contribution in [0.2, 0.25) is 0 Å². The van der Waals surface area contributed by atoms with Crippen molar-refractivity contribution in [3.05, 3.63) is 71.8 Å². The van der Waals surface area contributed by atoms with Crippen molar-refractivity contribution in [2.45, 2.75) is 245 Å². The molecule has 0 bridgehead atoms. The molecule has 0 aliphatic rings. The third-order valence-electron chi connectivity index (χ3n) is 11.7. The van der Waals surface area contributed by atoms with Crippen molar-refractivity contribution in [3.8, 4) is 0 Å². The van der Waals surface area contributed by atoms with Crippen molar-refractivity contribution in [2.75, 3.05) is 0 Å². The van der Waals surface area contributed by atoms with Crippen LogP contribution in [0, 0.1) is 0 Å². The second-order valence-corrected chi connectivity index (χ2v) is 17.5. The zero-order valence-electron chi connectivity index (χ0n) is 41.1. The number of hydrogen-bond donors (Lipinski definition) is 0. The number of hydrogen-bond acceptors (Lipinski definition) is 10. The Hall–Kier alpha value is -2.19. The summed E-state index contributed by atoms with van der Waals surface area (Å²) in [7, 11) is 0. The minimum absolute atomic E-state index is 0. The van der Waals surface area contributed by atoms with E-state index in [0.717, 1.165) is 88.2 Å². The zero-order valence-corrected chi connectivity index (χ0v) is 45.5. The third-order valence-corrected chi connectivity index (χ3v) is 11.7. The van der Waals surface area contributed by atoms with E-state index in [4.69, 9.17) is 18.9 Å². The van der Waals surface area contributed by atoms with E-state index in [1.54, 1.807) is 0 Å². The van der Waals surface area contributed by atoms with Crippen LogP contribution in [0.15, 0.2) is 60.7 Å². The molecule has 2 aromatic carbocycles. The molecule has 11 heteroatoms. The fourth-order valence-electron chi connectivity index (χ4n) is 7.88. The van der Waals surface area contributed by atoms with Gasteiger partial charge in [-0.3, -0.25) is 9.59 Å². The minimum atomic E-state index is -1.00. The van der Waals surface area contributed by atoms with Gasteiger partial charge in [0, 0.05) is 25.8 Å². The van der Waals surface area contributed by atoms with Crippen LogP contribution in [0.3, 0.4) is 0 Å². The number of carbonyl (C=O) groups excluding carboxylic acids is 4. The first-order valence-electron chi connectivity index (χ1n) is 25.1. The van der Waals surface area contributed by atoms with E-state index in [1.807, 2.05) is 60.7 Å². The van der Waals surface area contributed by atoms with E-state index >= 15 is 0 Å². The van der Waals surface area contributed by atoms with Crippen molar-refractivity contribution in [3.63, 3.8) is 0 Å². The number of rotatable bonds is 40. The first-order chi connectivity index (χ1) is 31.0. The number of carboxylic acid groups (broad SMARTS) is 2. The summed E-state index contributed by atoms with van der Waals surface area (Å²) in [5.41, 5.74) is 2.23. The van der Waals surface area contributed by atoms with Gasteiger partial charge in [0.1, 0.15) is 12.2 Å². The number of benzene rings is 2. The fraction of sp³-hybridized carbons (Fsp3) is 0.704. The van der Waals surface area contributed by atoms with Gasteiger partial charge in [0.05, 0.1) is 25.4 Å². The second kappa shape index (κ2) is 44.3. The molecule has 0 saturated heterocycles. The molecule has 0 heterocycles. The van der Waals surface area contributed by atoms with Crippen molar-refractivity contribution in [2.24, 2.45) is 0 Å². The molecular formula is C54H86BaO10. The van der Waals surface area contributed by atoms with Crippen LogP contribution in [0.1, 0.15) is 219 Å². The molecule has 0 fully saturated rings. The minimum Gasteiger partial charge on any atom is -0.550 e. The molecule has 2 aromatic rings. The Morgan fingerprint density at radius 3 is 0.923 bits per heavy atom. The van der Waals surface area contributed by atoms with Crippen LogP contribution in [0.4, 0.5) is 0 Å². The van der Waals surface area contributed by atoms with Crippen LogP contribution in [0.25, 0.3) is 0 Å². The van der Waals surface area contributed by atoms with Gasteiger partial charge in [-0.1, -0.05) is 177 Å². The molecule has 0 aliphatic carbocycles.